The summed E-state index contributed by atoms with van der Waals surface area (Å²) in [4.78, 5) is 226. The Bertz CT molecular complexity index is 2900. The molecule has 0 aliphatic heterocycles. The summed E-state index contributed by atoms with van der Waals surface area (Å²) < 4.78 is 0. The van der Waals surface area contributed by atoms with Gasteiger partial charge in [0.1, 0.15) is 60.4 Å². The number of carbonyl (C=O) groups is 17. The topological polar surface area (TPSA) is 641 Å². The van der Waals surface area contributed by atoms with Crippen LogP contribution in [-0.2, 0) is 81.5 Å². The van der Waals surface area contributed by atoms with Crippen LogP contribution in [0.2, 0.25) is 0 Å². The lowest BCUT2D eigenvalue weighted by Gasteiger charge is -2.37. The summed E-state index contributed by atoms with van der Waals surface area (Å²) in [6.45, 7) is 14.0. The highest BCUT2D eigenvalue weighted by Crippen LogP contribution is 2.19. The van der Waals surface area contributed by atoms with Crippen molar-refractivity contribution in [2.45, 2.75) is 232 Å². The molecule has 0 radical (unpaired) electrons. The molecular formula is C63H109N17O22. The molecule has 0 aliphatic rings. The highest BCUT2D eigenvalue weighted by atomic mass is 16.4. The lowest BCUT2D eigenvalue weighted by molar-refractivity contribution is -0.149. The molecule has 39 nitrogen and oxygen atoms in total. The zero-order chi connectivity index (χ0) is 78.3. The first-order valence-corrected chi connectivity index (χ1v) is 33.8. The number of carboxylic acids is 5. The number of hydrogen-bond acceptors (Lipinski definition) is 20. The number of carbonyl (C=O) groups excluding carboxylic acids is 12. The standard InChI is InChI=1S/C63H109N17O22/c1-11-12-15-25-80(61(100)42(28-48(89)90)77-59(98)50(33(6)7)78-53(92)36(65)17-13-14-23-64)51(34(8)9)60(99)76-41(27-47(87)88)57(96)74-38(20-22-46(85)86)56(95)79-49(32(4)5)58(97)70-30-43(81)72-37(19-21-45(83)84)55(94)71-35(10)52(91)75-40(26-31(2)3)54(93)69-29-44(82)73-39(62(101)102)18-16-24-68-63(66)67/h31-42,49-51H,11-30,64-65H2,1-10H3,(H,69,93)(H,70,97)(H,71,94)(H,72,81)(H,73,82)(H,74,96)(H,75,91)(H,76,99)(H,77,98)(H,78,92)(H,79,95)(H,83,84)(H,85,86)(H,87,88)(H,89,90)(H,101,102)(H4,66,67,68)/t35-,36-,37-,38-,39-,40-,41-,42-,49-,50-,51-/m0/s1. The predicted octanol–water partition coefficient (Wildman–Crippen LogP) is -4.51. The number of aliphatic carboxylic acids is 5. The first-order valence-electron chi connectivity index (χ1n) is 33.8. The van der Waals surface area contributed by atoms with E-state index >= 15 is 0 Å². The molecule has 0 aromatic rings. The molecule has 0 heterocycles. The van der Waals surface area contributed by atoms with Crippen molar-refractivity contribution in [3.8, 4) is 0 Å². The van der Waals surface area contributed by atoms with Gasteiger partial charge in [-0.15, -0.1) is 0 Å². The molecule has 12 amide bonds. The molecule has 0 aromatic carbocycles. The fourth-order valence-corrected chi connectivity index (χ4v) is 9.99. The van der Waals surface area contributed by atoms with Gasteiger partial charge in [-0.25, -0.2) is 4.79 Å². The largest absolute Gasteiger partial charge is 0.481 e. The predicted molar refractivity (Wildman–Crippen MR) is 364 cm³/mol. The molecule has 578 valence electrons. The maximum Gasteiger partial charge on any atom is 0.326 e. The second-order valence-electron chi connectivity index (χ2n) is 25.9. The summed E-state index contributed by atoms with van der Waals surface area (Å²) in [6, 6.07) is -17.3. The van der Waals surface area contributed by atoms with Crippen molar-refractivity contribution in [1.82, 2.24) is 68.7 Å². The van der Waals surface area contributed by atoms with Gasteiger partial charge in [0.15, 0.2) is 5.96 Å². The maximum atomic E-state index is 14.7. The molecule has 0 bridgehead atoms. The quantitative estimate of drug-likeness (QED) is 0.0155. The Morgan fingerprint density at radius 3 is 1.39 bits per heavy atom. The van der Waals surface area contributed by atoms with Crippen molar-refractivity contribution >= 4 is 107 Å². The molecule has 11 atom stereocenters. The van der Waals surface area contributed by atoms with Gasteiger partial charge in [0.05, 0.1) is 32.0 Å². The van der Waals surface area contributed by atoms with Gasteiger partial charge >= 0.3 is 29.8 Å². The summed E-state index contributed by atoms with van der Waals surface area (Å²) in [5.74, 6) is -22.9. The van der Waals surface area contributed by atoms with Gasteiger partial charge in [0, 0.05) is 25.9 Å². The molecule has 102 heavy (non-hydrogen) atoms. The number of guanidine groups is 1. The number of hydrogen-bond donors (Lipinski definition) is 21. The minimum absolute atomic E-state index is 0.00242. The van der Waals surface area contributed by atoms with E-state index in [1.807, 2.05) is 6.92 Å². The van der Waals surface area contributed by atoms with Crippen LogP contribution in [0.3, 0.4) is 0 Å². The van der Waals surface area contributed by atoms with Gasteiger partial charge < -0.3 is 111 Å². The number of amides is 12. The van der Waals surface area contributed by atoms with Crippen molar-refractivity contribution in [2.75, 3.05) is 32.7 Å². The van der Waals surface area contributed by atoms with Gasteiger partial charge in [-0.2, -0.15) is 0 Å². The first kappa shape index (κ1) is 92.2. The van der Waals surface area contributed by atoms with E-state index in [0.29, 0.717) is 32.2 Å². The number of unbranched alkanes of at least 4 members (excludes halogenated alkanes) is 3. The maximum absolute atomic E-state index is 14.7. The van der Waals surface area contributed by atoms with Crippen molar-refractivity contribution in [3.05, 3.63) is 0 Å². The van der Waals surface area contributed by atoms with Crippen LogP contribution in [0.25, 0.3) is 0 Å². The van der Waals surface area contributed by atoms with E-state index in [4.69, 9.17) is 22.6 Å². The highest BCUT2D eigenvalue weighted by molar-refractivity contribution is 6.00. The first-order chi connectivity index (χ1) is 47.6. The van der Waals surface area contributed by atoms with E-state index in [2.05, 4.69) is 63.8 Å². The third-order valence-corrected chi connectivity index (χ3v) is 15.5. The summed E-state index contributed by atoms with van der Waals surface area (Å²) in [7, 11) is 0. The third-order valence-electron chi connectivity index (χ3n) is 15.5. The number of nitrogens with one attached hydrogen (secondary N) is 13. The molecule has 0 aliphatic carbocycles. The van der Waals surface area contributed by atoms with Gasteiger partial charge in [-0.05, 0) is 88.5 Å². The van der Waals surface area contributed by atoms with E-state index in [-0.39, 0.29) is 57.1 Å². The molecule has 0 spiro atoms. The molecular weight excluding hydrogens is 1350 g/mol. The number of rotatable bonds is 52. The van der Waals surface area contributed by atoms with Crippen LogP contribution >= 0.6 is 0 Å². The Balaban J connectivity index is 6.69. The smallest absolute Gasteiger partial charge is 0.326 e. The Hall–Kier alpha value is -9.82. The van der Waals surface area contributed by atoms with E-state index in [1.54, 1.807) is 27.7 Å². The number of nitrogens with two attached hydrogens (primary N) is 3. The molecule has 0 rings (SSSR count). The van der Waals surface area contributed by atoms with Crippen LogP contribution in [0.5, 0.6) is 0 Å². The van der Waals surface area contributed by atoms with Gasteiger partial charge in [0.2, 0.25) is 70.9 Å². The number of nitrogens with zero attached hydrogens (tertiary/aromatic N) is 1. The number of carboxylic acid groups (broad SMARTS) is 5. The highest BCUT2D eigenvalue weighted by Gasteiger charge is 2.41. The second-order valence-corrected chi connectivity index (χ2v) is 25.9. The zero-order valence-electron chi connectivity index (χ0n) is 59.7. The average Bonchev–Trinajstić information content (AvgIpc) is 0.816. The van der Waals surface area contributed by atoms with Gasteiger partial charge in [-0.1, -0.05) is 81.6 Å². The average molecular weight is 1460 g/mol. The van der Waals surface area contributed by atoms with Crippen molar-refractivity contribution in [2.24, 2.45) is 40.9 Å². The van der Waals surface area contributed by atoms with Gasteiger partial charge in [0.25, 0.3) is 0 Å². The summed E-state index contributed by atoms with van der Waals surface area (Å²) in [5.41, 5.74) is 16.8. The van der Waals surface area contributed by atoms with Crippen LogP contribution in [0.1, 0.15) is 166 Å². The molecule has 39 heteroatoms. The third kappa shape index (κ3) is 37.0. The van der Waals surface area contributed by atoms with E-state index in [1.165, 1.54) is 34.6 Å². The zero-order valence-corrected chi connectivity index (χ0v) is 59.7. The Morgan fingerprint density at radius 2 is 0.902 bits per heavy atom. The lowest BCUT2D eigenvalue weighted by Crippen LogP contribution is -2.62. The molecule has 0 fully saturated rings. The summed E-state index contributed by atoms with van der Waals surface area (Å²) >= 11 is 0. The minimum atomic E-state index is -2.09. The molecule has 24 N–H and O–H groups in total. The van der Waals surface area contributed by atoms with Crippen LogP contribution in [0, 0.1) is 29.1 Å². The van der Waals surface area contributed by atoms with Crippen molar-refractivity contribution in [1.29, 1.82) is 5.41 Å². The Morgan fingerprint density at radius 1 is 0.431 bits per heavy atom. The second kappa shape index (κ2) is 48.1. The Kier molecular flexibility index (Phi) is 43.5. The van der Waals surface area contributed by atoms with Crippen LogP contribution in [-0.4, -0.2) is 236 Å². The molecule has 0 saturated heterocycles. The van der Waals surface area contributed by atoms with E-state index in [9.17, 15) is 107 Å². The minimum Gasteiger partial charge on any atom is -0.481 e. The lowest BCUT2D eigenvalue weighted by atomic mass is 9.97. The fraction of sp³-hybridized carbons (Fsp3) is 0.714. The van der Waals surface area contributed by atoms with Crippen LogP contribution in [0.4, 0.5) is 0 Å². The van der Waals surface area contributed by atoms with Crippen LogP contribution < -0.4 is 81.0 Å². The van der Waals surface area contributed by atoms with Crippen molar-refractivity contribution < 1.29 is 107 Å². The molecule has 0 unspecified atom stereocenters. The molecule has 0 aromatic heterocycles. The summed E-state index contributed by atoms with van der Waals surface area (Å²) in [6.07, 6.45) is -2.29. The van der Waals surface area contributed by atoms with E-state index in [0.717, 1.165) is 4.90 Å². The SMILES string of the molecule is CCCCCN(C(=O)[C@H](CC(=O)O)NC(=O)[C@@H](NC(=O)[C@@H](N)CCCCN)C(C)C)[C@H](C(=O)N[C@@H](CC(=O)O)C(=O)N[C@@H](CCC(=O)O)C(=O)N[C@H](C(=O)NCC(=O)N[C@@H](CCC(=O)O)C(=O)N[C@@H](C)C(=O)N[C@@H](CC(C)C)C(=O)NCC(=O)N[C@@H](CCCNC(=N)N)C(=O)O)C(C)C)C(C)C. The van der Waals surface area contributed by atoms with E-state index < -0.39 is 237 Å². The van der Waals surface area contributed by atoms with Crippen LogP contribution in [0.15, 0.2) is 0 Å². The van der Waals surface area contributed by atoms with Crippen molar-refractivity contribution in [3.63, 3.8) is 0 Å². The fourth-order valence-electron chi connectivity index (χ4n) is 9.99. The molecule has 0 saturated carbocycles. The van der Waals surface area contributed by atoms with Gasteiger partial charge in [-0.3, -0.25) is 82.1 Å². The summed E-state index contributed by atoms with van der Waals surface area (Å²) in [5, 5.41) is 84.1. The Labute approximate surface area is 591 Å². The normalized spacial score (nSPS) is 14.4. The monoisotopic (exact) mass is 1460 g/mol.